The van der Waals surface area contributed by atoms with Crippen LogP contribution in [0.1, 0.15) is 11.1 Å². The minimum absolute atomic E-state index is 0.155. The number of benzene rings is 5. The fraction of sp³-hybridized carbons (Fsp3) is 0.0541. The smallest absolute Gasteiger partial charge is 0.124 e. The molecular weight excluding hydrogens is 504 g/mol. The standard InChI is InChI=1S/C37H30N2O2/c1-25-11-17-29(18-12-25)39(30-19-13-26(2)14-20-30)31-21-15-27(16-22-31)28-23-34(32-7-3-5-9-36(32)40)38-35(24-28)33-8-4-6-10-37(33)41/h3-24,40-41H,1-2H3. The quantitative estimate of drug-likeness (QED) is 0.223. The third-order valence-corrected chi connectivity index (χ3v) is 7.23. The Hall–Kier alpha value is -5.35. The zero-order valence-corrected chi connectivity index (χ0v) is 23.0. The van der Waals surface area contributed by atoms with Gasteiger partial charge in [0.25, 0.3) is 0 Å². The molecule has 0 aliphatic rings. The van der Waals surface area contributed by atoms with Crippen molar-refractivity contribution in [3.05, 3.63) is 145 Å². The molecule has 4 nitrogen and oxygen atoms in total. The molecule has 5 aromatic carbocycles. The molecule has 0 unspecified atom stereocenters. The number of aromatic nitrogens is 1. The monoisotopic (exact) mass is 534 g/mol. The molecule has 0 spiro atoms. The fourth-order valence-electron chi connectivity index (χ4n) is 4.99. The molecule has 2 N–H and O–H groups in total. The molecule has 6 rings (SSSR count). The van der Waals surface area contributed by atoms with E-state index < -0.39 is 0 Å². The number of phenols is 2. The number of nitrogens with zero attached hydrogens (tertiary/aromatic N) is 2. The molecule has 0 bridgehead atoms. The van der Waals surface area contributed by atoms with E-state index in [-0.39, 0.29) is 11.5 Å². The molecular formula is C37H30N2O2. The number of aryl methyl sites for hydroxylation is 2. The Labute approximate surface area is 240 Å². The minimum atomic E-state index is 0.155. The van der Waals surface area contributed by atoms with E-state index in [2.05, 4.69) is 91.5 Å². The van der Waals surface area contributed by atoms with Gasteiger partial charge in [-0.2, -0.15) is 0 Å². The zero-order valence-electron chi connectivity index (χ0n) is 23.0. The van der Waals surface area contributed by atoms with Crippen molar-refractivity contribution in [2.75, 3.05) is 4.90 Å². The van der Waals surface area contributed by atoms with Gasteiger partial charge in [0, 0.05) is 28.2 Å². The van der Waals surface area contributed by atoms with Crippen molar-refractivity contribution in [3.63, 3.8) is 0 Å². The van der Waals surface area contributed by atoms with Crippen LogP contribution in [0.15, 0.2) is 133 Å². The van der Waals surface area contributed by atoms with Crippen LogP contribution in [0.5, 0.6) is 11.5 Å². The van der Waals surface area contributed by atoms with E-state index in [9.17, 15) is 10.2 Å². The number of phenolic OH excluding ortho intramolecular Hbond substituents is 2. The van der Waals surface area contributed by atoms with Gasteiger partial charge in [0.2, 0.25) is 0 Å². The highest BCUT2D eigenvalue weighted by Gasteiger charge is 2.15. The summed E-state index contributed by atoms with van der Waals surface area (Å²) < 4.78 is 0. The first-order valence-corrected chi connectivity index (χ1v) is 13.6. The largest absolute Gasteiger partial charge is 0.507 e. The summed E-state index contributed by atoms with van der Waals surface area (Å²) >= 11 is 0. The Morgan fingerprint density at radius 3 is 1.27 bits per heavy atom. The van der Waals surface area contributed by atoms with Crippen molar-refractivity contribution in [3.8, 4) is 45.1 Å². The topological polar surface area (TPSA) is 56.6 Å². The van der Waals surface area contributed by atoms with Gasteiger partial charge < -0.3 is 15.1 Å². The van der Waals surface area contributed by atoms with Gasteiger partial charge in [-0.1, -0.05) is 71.8 Å². The molecule has 4 heteroatoms. The first kappa shape index (κ1) is 25.9. The van der Waals surface area contributed by atoms with Gasteiger partial charge in [0.1, 0.15) is 11.5 Å². The van der Waals surface area contributed by atoms with Crippen LogP contribution in [0, 0.1) is 13.8 Å². The summed E-state index contributed by atoms with van der Waals surface area (Å²) in [4.78, 5) is 7.08. The molecule has 6 aromatic rings. The number of pyridine rings is 1. The van der Waals surface area contributed by atoms with Crippen LogP contribution in [0.2, 0.25) is 0 Å². The number of para-hydroxylation sites is 2. The van der Waals surface area contributed by atoms with Gasteiger partial charge in [-0.05, 0) is 97.8 Å². The van der Waals surface area contributed by atoms with Crippen LogP contribution >= 0.6 is 0 Å². The third-order valence-electron chi connectivity index (χ3n) is 7.23. The van der Waals surface area contributed by atoms with Crippen LogP contribution < -0.4 is 4.90 Å². The molecule has 41 heavy (non-hydrogen) atoms. The highest BCUT2D eigenvalue weighted by molar-refractivity contribution is 5.82. The van der Waals surface area contributed by atoms with E-state index in [4.69, 9.17) is 4.98 Å². The summed E-state index contributed by atoms with van der Waals surface area (Å²) in [5.74, 6) is 0.310. The molecule has 0 radical (unpaired) electrons. The molecule has 0 saturated carbocycles. The van der Waals surface area contributed by atoms with E-state index >= 15 is 0 Å². The lowest BCUT2D eigenvalue weighted by Crippen LogP contribution is -2.09. The van der Waals surface area contributed by atoms with E-state index in [1.165, 1.54) is 11.1 Å². The van der Waals surface area contributed by atoms with E-state index in [1.54, 1.807) is 24.3 Å². The van der Waals surface area contributed by atoms with Crippen molar-refractivity contribution in [1.82, 2.24) is 4.98 Å². The molecule has 0 amide bonds. The first-order chi connectivity index (χ1) is 20.0. The molecule has 200 valence electrons. The van der Waals surface area contributed by atoms with Gasteiger partial charge in [0.05, 0.1) is 11.4 Å². The van der Waals surface area contributed by atoms with Crippen molar-refractivity contribution >= 4 is 17.1 Å². The maximum absolute atomic E-state index is 10.6. The summed E-state index contributed by atoms with van der Waals surface area (Å²) in [5, 5.41) is 21.2. The lowest BCUT2D eigenvalue weighted by Gasteiger charge is -2.26. The minimum Gasteiger partial charge on any atom is -0.507 e. The Balaban J connectivity index is 1.45. The average molecular weight is 535 g/mol. The summed E-state index contributed by atoms with van der Waals surface area (Å²) in [6.45, 7) is 4.19. The van der Waals surface area contributed by atoms with E-state index in [0.29, 0.717) is 22.5 Å². The Morgan fingerprint density at radius 2 is 0.854 bits per heavy atom. The molecule has 0 atom stereocenters. The summed E-state index contributed by atoms with van der Waals surface area (Å²) in [5.41, 5.74) is 10.1. The number of hydrogen-bond acceptors (Lipinski definition) is 4. The fourth-order valence-corrected chi connectivity index (χ4v) is 4.99. The summed E-state index contributed by atoms with van der Waals surface area (Å²) in [6, 6.07) is 43.8. The van der Waals surface area contributed by atoms with Crippen LogP contribution in [0.25, 0.3) is 33.6 Å². The molecule has 0 aliphatic carbocycles. The number of anilines is 3. The van der Waals surface area contributed by atoms with E-state index in [0.717, 1.165) is 28.2 Å². The molecule has 0 fully saturated rings. The van der Waals surface area contributed by atoms with Gasteiger partial charge in [-0.3, -0.25) is 0 Å². The second-order valence-electron chi connectivity index (χ2n) is 10.2. The highest BCUT2D eigenvalue weighted by Crippen LogP contribution is 2.38. The van der Waals surface area contributed by atoms with Crippen LogP contribution in [-0.4, -0.2) is 15.2 Å². The maximum atomic E-state index is 10.6. The number of hydrogen-bond donors (Lipinski definition) is 2. The average Bonchev–Trinajstić information content (AvgIpc) is 3.00. The normalized spacial score (nSPS) is 10.9. The Morgan fingerprint density at radius 1 is 0.463 bits per heavy atom. The molecule has 1 heterocycles. The van der Waals surface area contributed by atoms with Crippen molar-refractivity contribution in [2.45, 2.75) is 13.8 Å². The van der Waals surface area contributed by atoms with Gasteiger partial charge in [0.15, 0.2) is 0 Å². The Kier molecular flexibility index (Phi) is 6.97. The van der Waals surface area contributed by atoms with Gasteiger partial charge in [-0.15, -0.1) is 0 Å². The van der Waals surface area contributed by atoms with Crippen molar-refractivity contribution in [2.24, 2.45) is 0 Å². The first-order valence-electron chi connectivity index (χ1n) is 13.6. The van der Waals surface area contributed by atoms with Gasteiger partial charge >= 0.3 is 0 Å². The van der Waals surface area contributed by atoms with Crippen LogP contribution in [0.4, 0.5) is 17.1 Å². The maximum Gasteiger partial charge on any atom is 0.124 e. The summed E-state index contributed by atoms with van der Waals surface area (Å²) in [6.07, 6.45) is 0. The zero-order chi connectivity index (χ0) is 28.3. The summed E-state index contributed by atoms with van der Waals surface area (Å²) in [7, 11) is 0. The SMILES string of the molecule is Cc1ccc(N(c2ccc(C)cc2)c2ccc(-c3cc(-c4ccccc4O)nc(-c4ccccc4O)c3)cc2)cc1. The van der Waals surface area contributed by atoms with Crippen molar-refractivity contribution in [1.29, 1.82) is 0 Å². The highest BCUT2D eigenvalue weighted by atomic mass is 16.3. The predicted octanol–water partition coefficient (Wildman–Crippen LogP) is 9.58. The van der Waals surface area contributed by atoms with Crippen molar-refractivity contribution < 1.29 is 10.2 Å². The molecule has 1 aromatic heterocycles. The Bertz CT molecular complexity index is 1700. The second kappa shape index (κ2) is 11.0. The lowest BCUT2D eigenvalue weighted by molar-refractivity contribution is 0.477. The molecule has 0 saturated heterocycles. The lowest BCUT2D eigenvalue weighted by atomic mass is 9.99. The predicted molar refractivity (Wildman–Crippen MR) is 168 cm³/mol. The third kappa shape index (κ3) is 5.41. The van der Waals surface area contributed by atoms with Crippen LogP contribution in [0.3, 0.4) is 0 Å². The molecule has 0 aliphatic heterocycles. The number of aromatic hydroxyl groups is 2. The van der Waals surface area contributed by atoms with Gasteiger partial charge in [-0.25, -0.2) is 4.98 Å². The number of rotatable bonds is 6. The second-order valence-corrected chi connectivity index (χ2v) is 10.2. The van der Waals surface area contributed by atoms with Crippen LogP contribution in [-0.2, 0) is 0 Å². The van der Waals surface area contributed by atoms with E-state index in [1.807, 2.05) is 36.4 Å².